The van der Waals surface area contributed by atoms with Crippen LogP contribution in [0.25, 0.3) is 0 Å². The van der Waals surface area contributed by atoms with Gasteiger partial charge in [0.15, 0.2) is 6.10 Å². The summed E-state index contributed by atoms with van der Waals surface area (Å²) in [6, 6.07) is 12.2. The molecule has 6 nitrogen and oxygen atoms in total. The first-order valence-electron chi connectivity index (χ1n) is 8.75. The van der Waals surface area contributed by atoms with Crippen molar-refractivity contribution in [1.82, 2.24) is 9.21 Å². The van der Waals surface area contributed by atoms with Crippen LogP contribution in [0.4, 0.5) is 4.39 Å². The number of ether oxygens (including phenoxy) is 1. The van der Waals surface area contributed by atoms with Gasteiger partial charge in [-0.2, -0.15) is 4.31 Å². The molecule has 1 aliphatic rings. The fourth-order valence-electron chi connectivity index (χ4n) is 2.96. The number of carbonyl (C=O) groups excluding carboxylic acids is 1. The summed E-state index contributed by atoms with van der Waals surface area (Å²) in [6.07, 6.45) is -0.779. The molecule has 0 spiro atoms. The number of carbonyl (C=O) groups is 1. The molecule has 1 saturated heterocycles. The molecule has 2 aromatic rings. The Balaban J connectivity index is 1.60. The van der Waals surface area contributed by atoms with Crippen molar-refractivity contribution in [1.29, 1.82) is 0 Å². The molecule has 0 bridgehead atoms. The molecule has 150 valence electrons. The van der Waals surface area contributed by atoms with E-state index < -0.39 is 21.9 Å². The largest absolute Gasteiger partial charge is 0.480 e. The van der Waals surface area contributed by atoms with Crippen LogP contribution in [0.3, 0.4) is 0 Å². The van der Waals surface area contributed by atoms with E-state index in [9.17, 15) is 17.6 Å². The maximum Gasteiger partial charge on any atom is 0.263 e. The van der Waals surface area contributed by atoms with E-state index >= 15 is 0 Å². The fourth-order valence-corrected chi connectivity index (χ4v) is 4.85. The third-order valence-electron chi connectivity index (χ3n) is 4.48. The minimum atomic E-state index is -3.57. The van der Waals surface area contributed by atoms with E-state index in [1.165, 1.54) is 22.5 Å². The summed E-state index contributed by atoms with van der Waals surface area (Å²) in [4.78, 5) is 14.5. The van der Waals surface area contributed by atoms with Crippen molar-refractivity contribution in [3.05, 3.63) is 58.8 Å². The highest BCUT2D eigenvalue weighted by Crippen LogP contribution is 2.27. The van der Waals surface area contributed by atoms with Gasteiger partial charge in [0.05, 0.1) is 9.37 Å². The number of benzene rings is 2. The summed E-state index contributed by atoms with van der Waals surface area (Å²) < 4.78 is 46.0. The van der Waals surface area contributed by atoms with E-state index in [1.807, 2.05) is 0 Å². The Labute approximate surface area is 172 Å². The van der Waals surface area contributed by atoms with Crippen molar-refractivity contribution in [2.45, 2.75) is 17.9 Å². The molecule has 9 heteroatoms. The summed E-state index contributed by atoms with van der Waals surface area (Å²) in [5.41, 5.74) is 0. The molecule has 1 unspecified atom stereocenters. The van der Waals surface area contributed by atoms with Crippen molar-refractivity contribution in [2.75, 3.05) is 26.2 Å². The molecular formula is C19H20BrFN2O4S. The second-order valence-electron chi connectivity index (χ2n) is 6.38. The van der Waals surface area contributed by atoms with E-state index in [1.54, 1.807) is 42.2 Å². The van der Waals surface area contributed by atoms with Gasteiger partial charge < -0.3 is 9.64 Å². The van der Waals surface area contributed by atoms with Crippen LogP contribution in [0.1, 0.15) is 6.92 Å². The quantitative estimate of drug-likeness (QED) is 0.673. The van der Waals surface area contributed by atoms with Crippen LogP contribution in [0.2, 0.25) is 0 Å². The molecular weight excluding hydrogens is 451 g/mol. The molecule has 0 aromatic heterocycles. The van der Waals surface area contributed by atoms with Gasteiger partial charge in [0.1, 0.15) is 11.6 Å². The Morgan fingerprint density at radius 3 is 2.36 bits per heavy atom. The lowest BCUT2D eigenvalue weighted by Crippen LogP contribution is -2.53. The maximum absolute atomic E-state index is 13.2. The predicted molar refractivity (Wildman–Crippen MR) is 106 cm³/mol. The van der Waals surface area contributed by atoms with Gasteiger partial charge in [-0.15, -0.1) is 0 Å². The molecule has 28 heavy (non-hydrogen) atoms. The van der Waals surface area contributed by atoms with E-state index in [2.05, 4.69) is 15.9 Å². The highest BCUT2D eigenvalue weighted by atomic mass is 79.9. The number of piperazine rings is 1. The lowest BCUT2D eigenvalue weighted by atomic mass is 10.2. The molecule has 1 aliphatic heterocycles. The van der Waals surface area contributed by atoms with Gasteiger partial charge >= 0.3 is 0 Å². The molecule has 0 radical (unpaired) electrons. The third kappa shape index (κ3) is 4.53. The van der Waals surface area contributed by atoms with Crippen LogP contribution >= 0.6 is 15.9 Å². The first-order chi connectivity index (χ1) is 13.3. The standard InChI is InChI=1S/C19H20BrFN2O4S/c1-14(27-18-8-7-15(21)13-17(18)20)19(24)22-9-11-23(12-10-22)28(25,26)16-5-3-2-4-6-16/h2-8,13-14H,9-12H2,1H3. The van der Waals surface area contributed by atoms with E-state index in [4.69, 9.17) is 4.74 Å². The number of hydrogen-bond donors (Lipinski definition) is 0. The average Bonchev–Trinajstić information content (AvgIpc) is 2.70. The molecule has 1 atom stereocenters. The molecule has 1 amide bonds. The van der Waals surface area contributed by atoms with Crippen molar-refractivity contribution in [3.8, 4) is 5.75 Å². The Hall–Kier alpha value is -1.97. The molecule has 0 saturated carbocycles. The second kappa shape index (κ2) is 8.59. The van der Waals surface area contributed by atoms with Gasteiger partial charge in [0.2, 0.25) is 10.0 Å². The monoisotopic (exact) mass is 470 g/mol. The van der Waals surface area contributed by atoms with Gasteiger partial charge in [-0.25, -0.2) is 12.8 Å². The van der Waals surface area contributed by atoms with Crippen LogP contribution in [0.5, 0.6) is 5.75 Å². The van der Waals surface area contributed by atoms with E-state index in [0.717, 1.165) is 0 Å². The number of hydrogen-bond acceptors (Lipinski definition) is 4. The molecule has 3 rings (SSSR count). The highest BCUT2D eigenvalue weighted by molar-refractivity contribution is 9.10. The smallest absolute Gasteiger partial charge is 0.263 e. The summed E-state index contributed by atoms with van der Waals surface area (Å²) in [6.45, 7) is 2.61. The number of nitrogens with zero attached hydrogens (tertiary/aromatic N) is 2. The molecule has 0 N–H and O–H groups in total. The number of sulfonamides is 1. The van der Waals surface area contributed by atoms with Gasteiger partial charge in [-0.1, -0.05) is 18.2 Å². The highest BCUT2D eigenvalue weighted by Gasteiger charge is 2.32. The number of rotatable bonds is 5. The normalized spacial score (nSPS) is 16.6. The van der Waals surface area contributed by atoms with Crippen LogP contribution in [0.15, 0.2) is 57.9 Å². The van der Waals surface area contributed by atoms with Crippen LogP contribution in [-0.4, -0.2) is 55.8 Å². The third-order valence-corrected chi connectivity index (χ3v) is 7.01. The van der Waals surface area contributed by atoms with Crippen LogP contribution < -0.4 is 4.74 Å². The van der Waals surface area contributed by atoms with Crippen LogP contribution in [-0.2, 0) is 14.8 Å². The lowest BCUT2D eigenvalue weighted by molar-refractivity contribution is -0.139. The molecule has 1 fully saturated rings. The summed E-state index contributed by atoms with van der Waals surface area (Å²) in [5.74, 6) is -0.283. The van der Waals surface area contributed by atoms with E-state index in [-0.39, 0.29) is 37.0 Å². The zero-order valence-electron chi connectivity index (χ0n) is 15.2. The van der Waals surface area contributed by atoms with Gasteiger partial charge in [0.25, 0.3) is 5.91 Å². The minimum Gasteiger partial charge on any atom is -0.480 e. The minimum absolute atomic E-state index is 0.218. The van der Waals surface area contributed by atoms with Crippen molar-refractivity contribution >= 4 is 31.9 Å². The van der Waals surface area contributed by atoms with Gasteiger partial charge in [-0.3, -0.25) is 4.79 Å². The topological polar surface area (TPSA) is 66.9 Å². The van der Waals surface area contributed by atoms with Crippen molar-refractivity contribution < 1.29 is 22.3 Å². The maximum atomic E-state index is 13.2. The molecule has 1 heterocycles. The Kier molecular flexibility index (Phi) is 6.36. The van der Waals surface area contributed by atoms with Crippen LogP contribution in [0, 0.1) is 5.82 Å². The van der Waals surface area contributed by atoms with Crippen molar-refractivity contribution in [2.24, 2.45) is 0 Å². The van der Waals surface area contributed by atoms with Crippen molar-refractivity contribution in [3.63, 3.8) is 0 Å². The summed E-state index contributed by atoms with van der Waals surface area (Å²) >= 11 is 3.21. The molecule has 0 aliphatic carbocycles. The SMILES string of the molecule is CC(Oc1ccc(F)cc1Br)C(=O)N1CCN(S(=O)(=O)c2ccccc2)CC1. The first kappa shape index (κ1) is 20.8. The summed E-state index contributed by atoms with van der Waals surface area (Å²) in [5, 5.41) is 0. The second-order valence-corrected chi connectivity index (χ2v) is 9.17. The summed E-state index contributed by atoms with van der Waals surface area (Å²) in [7, 11) is -3.57. The average molecular weight is 471 g/mol. The predicted octanol–water partition coefficient (Wildman–Crippen LogP) is 2.89. The Bertz CT molecular complexity index is 948. The van der Waals surface area contributed by atoms with Gasteiger partial charge in [-0.05, 0) is 53.2 Å². The zero-order chi connectivity index (χ0) is 20.3. The first-order valence-corrected chi connectivity index (χ1v) is 11.0. The number of halogens is 2. The number of amides is 1. The fraction of sp³-hybridized carbons (Fsp3) is 0.316. The Morgan fingerprint density at radius 1 is 1.11 bits per heavy atom. The molecule has 2 aromatic carbocycles. The lowest BCUT2D eigenvalue weighted by Gasteiger charge is -2.35. The van der Waals surface area contributed by atoms with E-state index in [0.29, 0.717) is 10.2 Å². The zero-order valence-corrected chi connectivity index (χ0v) is 17.6. The Morgan fingerprint density at radius 2 is 1.75 bits per heavy atom. The van der Waals surface area contributed by atoms with Gasteiger partial charge in [0, 0.05) is 26.2 Å².